The van der Waals surface area contributed by atoms with Crippen molar-refractivity contribution in [2.75, 3.05) is 36.4 Å². The molecule has 2 N–H and O–H groups in total. The van der Waals surface area contributed by atoms with Gasteiger partial charge in [-0.2, -0.15) is 10.4 Å². The first kappa shape index (κ1) is 41.2. The lowest BCUT2D eigenvalue weighted by Gasteiger charge is -2.44. The Morgan fingerprint density at radius 2 is 1.79 bits per heavy atom. The lowest BCUT2D eigenvalue weighted by atomic mass is 9.81. The molecule has 3 saturated heterocycles. The molecule has 0 radical (unpaired) electrons. The maximum absolute atomic E-state index is 13.7. The summed E-state index contributed by atoms with van der Waals surface area (Å²) in [5.41, 5.74) is 1.93. The van der Waals surface area contributed by atoms with Gasteiger partial charge in [0.05, 0.1) is 45.5 Å². The Morgan fingerprint density at radius 1 is 1.07 bits per heavy atom. The number of rotatable bonds is 10. The van der Waals surface area contributed by atoms with Crippen molar-refractivity contribution in [2.45, 2.75) is 114 Å². The van der Waals surface area contributed by atoms with E-state index >= 15 is 0 Å². The molecule has 4 heterocycles. The van der Waals surface area contributed by atoms with Crippen molar-refractivity contribution in [1.29, 1.82) is 5.26 Å². The summed E-state index contributed by atoms with van der Waals surface area (Å²) in [6.45, 7) is 11.5. The van der Waals surface area contributed by atoms with Gasteiger partial charge in [-0.15, -0.1) is 12.6 Å². The van der Waals surface area contributed by atoms with Crippen molar-refractivity contribution in [2.24, 2.45) is 13.0 Å². The number of amides is 4. The Morgan fingerprint density at radius 3 is 2.46 bits per heavy atom. The van der Waals surface area contributed by atoms with Crippen molar-refractivity contribution >= 4 is 70.1 Å². The van der Waals surface area contributed by atoms with Crippen LogP contribution in [0.4, 0.5) is 11.4 Å². The standard InChI is InChI=1S/C42H54ClN9O4S/c1-25-22-49(19-7-8-27-11-14-29(15-12-27)52-41(57)51(40(56)42(52,3)4)30-16-13-28(21-44)33(43)20-30)23-26(2)50(25)24-36(54)45-34-10-6-9-31-37(47-48(5)38(31)34)32-17-18-35(53)46-39(32)55/h6,9-10,13,16,20,25-27,29,32,41,57H,7-8,11-12,14-15,17-19,22-24H2,1-5H3,(H,45,54)(H,46,53,55)/t25-,26+,27?,29?,32?,41?. The normalized spacial score (nSPS) is 27.5. The first-order valence-electron chi connectivity index (χ1n) is 20.2. The topological polar surface area (TPSA) is 147 Å². The van der Waals surface area contributed by atoms with E-state index in [1.165, 1.54) is 6.42 Å². The second-order valence-corrected chi connectivity index (χ2v) is 17.8. The second-order valence-electron chi connectivity index (χ2n) is 17.0. The molecule has 2 unspecified atom stereocenters. The summed E-state index contributed by atoms with van der Waals surface area (Å²) in [7, 11) is 1.81. The van der Waals surface area contributed by atoms with Crippen molar-refractivity contribution in [1.82, 2.24) is 29.8 Å². The first-order chi connectivity index (χ1) is 27.2. The quantitative estimate of drug-likeness (QED) is 0.175. The molecule has 1 saturated carbocycles. The van der Waals surface area contributed by atoms with Crippen LogP contribution in [-0.2, 0) is 26.2 Å². The average molecular weight is 816 g/mol. The smallest absolute Gasteiger partial charge is 0.249 e. The SMILES string of the molecule is C[C@@H]1CN(CCCC2CCC(N3C(S)N(c4ccc(C#N)c(Cl)c4)C(=O)C3(C)C)CC2)C[C@H](C)N1CC(=O)Nc1cccc2c(C3CCC(=O)NC3=O)nn(C)c12. The van der Waals surface area contributed by atoms with E-state index in [0.717, 1.165) is 62.6 Å². The zero-order valence-corrected chi connectivity index (χ0v) is 35.2. The third-order valence-electron chi connectivity index (χ3n) is 12.8. The van der Waals surface area contributed by atoms with Crippen LogP contribution in [0.25, 0.3) is 10.9 Å². The van der Waals surface area contributed by atoms with Crippen LogP contribution in [0.3, 0.4) is 0 Å². The summed E-state index contributed by atoms with van der Waals surface area (Å²) >= 11 is 11.3. The van der Waals surface area contributed by atoms with Crippen molar-refractivity contribution < 1.29 is 19.2 Å². The van der Waals surface area contributed by atoms with E-state index in [1.807, 2.05) is 39.1 Å². The van der Waals surface area contributed by atoms with Crippen LogP contribution in [0.15, 0.2) is 36.4 Å². The molecule has 4 aliphatic rings. The van der Waals surface area contributed by atoms with Crippen LogP contribution in [0.2, 0.25) is 5.02 Å². The number of imide groups is 1. The molecule has 13 nitrogen and oxygen atoms in total. The Hall–Kier alpha value is -4.00. The van der Waals surface area contributed by atoms with Gasteiger partial charge in [-0.25, -0.2) is 0 Å². The van der Waals surface area contributed by atoms with Gasteiger partial charge in [-0.05, 0) is 109 Å². The molecule has 4 fully saturated rings. The highest BCUT2D eigenvalue weighted by Gasteiger charge is 2.54. The zero-order chi connectivity index (χ0) is 40.8. The molecule has 4 amide bonds. The monoisotopic (exact) mass is 815 g/mol. The molecule has 15 heteroatoms. The maximum atomic E-state index is 13.7. The fourth-order valence-electron chi connectivity index (χ4n) is 9.87. The number of carbonyl (C=O) groups is 4. The summed E-state index contributed by atoms with van der Waals surface area (Å²) in [5, 5.41) is 20.6. The lowest BCUT2D eigenvalue weighted by molar-refractivity contribution is -0.134. The predicted octanol–water partition coefficient (Wildman–Crippen LogP) is 5.63. The second kappa shape index (κ2) is 16.7. The highest BCUT2D eigenvalue weighted by Crippen LogP contribution is 2.43. The summed E-state index contributed by atoms with van der Waals surface area (Å²) in [4.78, 5) is 60.4. The van der Waals surface area contributed by atoms with Gasteiger partial charge in [-0.3, -0.25) is 43.9 Å². The van der Waals surface area contributed by atoms with Gasteiger partial charge < -0.3 is 10.2 Å². The number of nitriles is 1. The van der Waals surface area contributed by atoms with Gasteiger partial charge in [0, 0.05) is 55.8 Å². The van der Waals surface area contributed by atoms with E-state index in [1.54, 1.807) is 27.8 Å². The fraction of sp³-hybridized carbons (Fsp3) is 0.571. The van der Waals surface area contributed by atoms with Crippen LogP contribution >= 0.6 is 24.2 Å². The number of thiol groups is 1. The van der Waals surface area contributed by atoms with Crippen molar-refractivity contribution in [3.63, 3.8) is 0 Å². The summed E-state index contributed by atoms with van der Waals surface area (Å²) in [5.74, 6) is -0.562. The number of aryl methyl sites for hydroxylation is 1. The van der Waals surface area contributed by atoms with Crippen LogP contribution in [0, 0.1) is 17.2 Å². The average Bonchev–Trinajstić information content (AvgIpc) is 3.58. The van der Waals surface area contributed by atoms with Gasteiger partial charge in [0.25, 0.3) is 0 Å². The van der Waals surface area contributed by atoms with E-state index in [9.17, 15) is 24.4 Å². The van der Waals surface area contributed by atoms with Gasteiger partial charge in [0.2, 0.25) is 23.6 Å². The van der Waals surface area contributed by atoms with Gasteiger partial charge in [0.15, 0.2) is 0 Å². The van der Waals surface area contributed by atoms with E-state index in [2.05, 4.69) is 50.3 Å². The Labute approximate surface area is 345 Å². The lowest BCUT2D eigenvalue weighted by Crippen LogP contribution is -2.58. The number of halogens is 1. The highest BCUT2D eigenvalue weighted by molar-refractivity contribution is 7.81. The van der Waals surface area contributed by atoms with Crippen LogP contribution in [0.1, 0.15) is 96.2 Å². The van der Waals surface area contributed by atoms with Crippen molar-refractivity contribution in [3.8, 4) is 6.07 Å². The minimum atomic E-state index is -0.711. The molecule has 2 aromatic carbocycles. The van der Waals surface area contributed by atoms with Crippen LogP contribution in [0.5, 0.6) is 0 Å². The number of benzene rings is 2. The number of nitrogens with zero attached hydrogens (tertiary/aromatic N) is 7. The molecule has 1 aliphatic carbocycles. The van der Waals surface area contributed by atoms with E-state index < -0.39 is 17.0 Å². The van der Waals surface area contributed by atoms with Gasteiger partial charge in [0.1, 0.15) is 11.6 Å². The third-order valence-corrected chi connectivity index (χ3v) is 13.5. The number of carbonyl (C=O) groups excluding carboxylic acids is 4. The number of para-hydroxylation sites is 1. The number of piperazine rings is 1. The largest absolute Gasteiger partial charge is 0.323 e. The highest BCUT2D eigenvalue weighted by atomic mass is 35.5. The molecule has 57 heavy (non-hydrogen) atoms. The number of hydrogen-bond donors (Lipinski definition) is 3. The summed E-state index contributed by atoms with van der Waals surface area (Å²) in [6.07, 6.45) is 7.26. The molecular weight excluding hydrogens is 762 g/mol. The van der Waals surface area contributed by atoms with Crippen molar-refractivity contribution in [3.05, 3.63) is 52.7 Å². The number of hydrogen-bond acceptors (Lipinski definition) is 10. The minimum Gasteiger partial charge on any atom is -0.323 e. The van der Waals surface area contributed by atoms with Gasteiger partial charge in [-0.1, -0.05) is 23.7 Å². The molecule has 1 aromatic heterocycles. The molecule has 3 aromatic rings. The molecule has 4 atom stereocenters. The number of anilines is 2. The van der Waals surface area contributed by atoms with E-state index in [-0.39, 0.29) is 54.7 Å². The molecule has 0 spiro atoms. The number of aromatic nitrogens is 2. The van der Waals surface area contributed by atoms with E-state index in [4.69, 9.17) is 24.2 Å². The van der Waals surface area contributed by atoms with E-state index in [0.29, 0.717) is 40.0 Å². The first-order valence-corrected chi connectivity index (χ1v) is 21.1. The fourth-order valence-corrected chi connectivity index (χ4v) is 10.8. The molecule has 0 bridgehead atoms. The van der Waals surface area contributed by atoms with Gasteiger partial charge >= 0.3 is 0 Å². The Bertz CT molecular complexity index is 2080. The number of nitrogens with one attached hydrogen (secondary N) is 2. The van der Waals surface area contributed by atoms with Crippen LogP contribution in [-0.4, -0.2) is 103 Å². The summed E-state index contributed by atoms with van der Waals surface area (Å²) < 4.78 is 1.71. The number of piperidine rings is 1. The molecule has 304 valence electrons. The Kier molecular flexibility index (Phi) is 12.1. The molecule has 7 rings (SSSR count). The summed E-state index contributed by atoms with van der Waals surface area (Å²) in [6, 6.07) is 13.5. The van der Waals surface area contributed by atoms with Crippen LogP contribution < -0.4 is 15.5 Å². The minimum absolute atomic E-state index is 0.0148. The zero-order valence-electron chi connectivity index (χ0n) is 33.5. The molecular formula is C42H54ClN9O4S. The number of fused-ring (bicyclic) bond motifs is 1. The maximum Gasteiger partial charge on any atom is 0.249 e. The third kappa shape index (κ3) is 8.19. The predicted molar refractivity (Wildman–Crippen MR) is 224 cm³/mol. The Balaban J connectivity index is 0.875. The molecule has 3 aliphatic heterocycles.